The van der Waals surface area contributed by atoms with Gasteiger partial charge in [-0.05, 0) is 114 Å². The van der Waals surface area contributed by atoms with Crippen molar-refractivity contribution in [2.45, 2.75) is 121 Å². The largest absolute Gasteiger partial charge is 0.462 e. The third-order valence-electron chi connectivity index (χ3n) is 6.90. The average Bonchev–Trinajstić information content (AvgIpc) is 3.34. The van der Waals surface area contributed by atoms with Crippen molar-refractivity contribution in [1.29, 1.82) is 0 Å². The van der Waals surface area contributed by atoms with Crippen LogP contribution in [0, 0.1) is 13.8 Å². The standard InChI is InChI=1S/C26H22O4S.C7H12O2.2C6H6.C3H6O.4C2H6.CH4/c1-19-3-7-21(8-4-19)29-23-11-15-25(16-12-23)31(27,28)26-17-13-24(14-18-26)30-22-9-5-20(2)6-10-22;1-4-5-9-7(8)6(2)3;2*1-2-4-6-5-3-1;1-3(2)4;4*1-2;/h3-18H,1-2H3;2,4-5H2,1,3H3;2*1-6H;1-2H3;4*1-2H3;1H4. The maximum atomic E-state index is 13.0. The molecule has 0 atom stereocenters. The Morgan fingerprint density at radius 3 is 0.877 bits per heavy atom. The van der Waals surface area contributed by atoms with Gasteiger partial charge in [-0.3, -0.25) is 0 Å². The van der Waals surface area contributed by atoms with E-state index in [1.54, 1.807) is 55.5 Å². The number of sulfone groups is 1. The van der Waals surface area contributed by atoms with Crippen molar-refractivity contribution in [3.8, 4) is 23.0 Å². The molecule has 0 saturated heterocycles. The van der Waals surface area contributed by atoms with Gasteiger partial charge in [0.15, 0.2) is 0 Å². The number of carbonyl (C=O) groups is 2. The van der Waals surface area contributed by atoms with Crippen molar-refractivity contribution < 1.29 is 32.2 Å². The van der Waals surface area contributed by atoms with E-state index in [0.717, 1.165) is 17.5 Å². The molecule has 8 heteroatoms. The third-order valence-corrected chi connectivity index (χ3v) is 8.69. The molecule has 0 spiro atoms. The Bertz CT molecular complexity index is 1910. The predicted octanol–water partition coefficient (Wildman–Crippen LogP) is 16.9. The molecule has 6 aromatic rings. The number of Topliss-reactive ketones (excluding diaryl/α,β-unsaturated/α-hetero) is 1. The predicted molar refractivity (Wildman–Crippen MR) is 278 cm³/mol. The lowest BCUT2D eigenvalue weighted by Crippen LogP contribution is -2.04. The SMILES string of the molecule is C.C=C(C)C(=O)OCCC.CC.CC.CC.CC.CC(C)=O.Cc1ccc(Oc2ccc(S(=O)(=O)c3ccc(Oc4ccc(C)cc4)cc3)cc2)cc1.c1ccccc1.c1ccccc1. The molecular formula is C57H80O7S. The van der Waals surface area contributed by atoms with E-state index in [4.69, 9.17) is 14.2 Å². The molecule has 7 nitrogen and oxygen atoms in total. The molecule has 356 valence electrons. The van der Waals surface area contributed by atoms with Crippen molar-refractivity contribution in [3.05, 3.63) is 193 Å². The van der Waals surface area contributed by atoms with Crippen LogP contribution < -0.4 is 9.47 Å². The minimum absolute atomic E-state index is 0. The number of hydrogen-bond donors (Lipinski definition) is 0. The smallest absolute Gasteiger partial charge is 0.333 e. The summed E-state index contributed by atoms with van der Waals surface area (Å²) in [4.78, 5) is 20.4. The first kappa shape index (κ1) is 65.4. The van der Waals surface area contributed by atoms with E-state index in [1.807, 2.05) is 197 Å². The maximum Gasteiger partial charge on any atom is 0.333 e. The summed E-state index contributed by atoms with van der Waals surface area (Å²) in [5, 5.41) is 0. The van der Waals surface area contributed by atoms with Crippen molar-refractivity contribution in [2.24, 2.45) is 0 Å². The maximum absolute atomic E-state index is 13.0. The van der Waals surface area contributed by atoms with Crippen molar-refractivity contribution in [1.82, 2.24) is 0 Å². The molecule has 0 amide bonds. The van der Waals surface area contributed by atoms with Crippen LogP contribution in [0.1, 0.15) is 108 Å². The van der Waals surface area contributed by atoms with E-state index >= 15 is 0 Å². The minimum Gasteiger partial charge on any atom is -0.462 e. The molecular weight excluding hydrogens is 829 g/mol. The fourth-order valence-electron chi connectivity index (χ4n) is 4.08. The highest BCUT2D eigenvalue weighted by atomic mass is 32.2. The van der Waals surface area contributed by atoms with Gasteiger partial charge < -0.3 is 19.0 Å². The fraction of sp³-hybridized carbons (Fsp3) is 0.298. The number of rotatable bonds is 9. The molecule has 0 aliphatic carbocycles. The van der Waals surface area contributed by atoms with Gasteiger partial charge in [-0.25, -0.2) is 13.2 Å². The van der Waals surface area contributed by atoms with E-state index < -0.39 is 9.84 Å². The van der Waals surface area contributed by atoms with Crippen LogP contribution in [0.4, 0.5) is 0 Å². The summed E-state index contributed by atoms with van der Waals surface area (Å²) >= 11 is 0. The zero-order chi connectivity index (χ0) is 49.2. The summed E-state index contributed by atoms with van der Waals surface area (Å²) in [6.07, 6.45) is 0.860. The second-order valence-electron chi connectivity index (χ2n) is 12.4. The highest BCUT2D eigenvalue weighted by Crippen LogP contribution is 2.28. The van der Waals surface area contributed by atoms with Gasteiger partial charge in [0, 0.05) is 5.57 Å². The molecule has 0 bridgehead atoms. The average molecular weight is 909 g/mol. The van der Waals surface area contributed by atoms with Gasteiger partial charge in [0.1, 0.15) is 28.8 Å². The van der Waals surface area contributed by atoms with Crippen LogP contribution in [0.2, 0.25) is 0 Å². The summed E-state index contributed by atoms with van der Waals surface area (Å²) in [7, 11) is -3.64. The first-order valence-electron chi connectivity index (χ1n) is 22.1. The molecule has 0 radical (unpaired) electrons. The third kappa shape index (κ3) is 33.0. The Morgan fingerprint density at radius 1 is 0.462 bits per heavy atom. The molecule has 0 aliphatic heterocycles. The van der Waals surface area contributed by atoms with Crippen LogP contribution in [0.5, 0.6) is 23.0 Å². The molecule has 65 heavy (non-hydrogen) atoms. The summed E-state index contributed by atoms with van der Waals surface area (Å²) in [5.41, 5.74) is 2.75. The van der Waals surface area contributed by atoms with Gasteiger partial charge in [0.05, 0.1) is 16.4 Å². The number of ether oxygens (including phenoxy) is 3. The molecule has 0 aliphatic rings. The second kappa shape index (κ2) is 43.0. The first-order chi connectivity index (χ1) is 30.8. The Hall–Kier alpha value is -6.25. The van der Waals surface area contributed by atoms with Gasteiger partial charge in [-0.1, -0.05) is 185 Å². The molecule has 6 aromatic carbocycles. The monoisotopic (exact) mass is 909 g/mol. The number of carbonyl (C=O) groups excluding carboxylic acids is 2. The highest BCUT2D eigenvalue weighted by molar-refractivity contribution is 7.91. The lowest BCUT2D eigenvalue weighted by Gasteiger charge is -2.09. The minimum atomic E-state index is -3.64. The molecule has 0 aromatic heterocycles. The Kier molecular flexibility index (Phi) is 43.3. The van der Waals surface area contributed by atoms with E-state index in [1.165, 1.54) is 13.8 Å². The molecule has 6 rings (SSSR count). The summed E-state index contributed by atoms with van der Waals surface area (Å²) in [6.45, 7) is 30.6. The van der Waals surface area contributed by atoms with Gasteiger partial charge in [0.25, 0.3) is 0 Å². The number of aryl methyl sites for hydroxylation is 2. The second-order valence-corrected chi connectivity index (χ2v) is 14.4. The van der Waals surface area contributed by atoms with Crippen molar-refractivity contribution in [3.63, 3.8) is 0 Å². The van der Waals surface area contributed by atoms with Crippen LogP contribution >= 0.6 is 0 Å². The number of benzene rings is 6. The lowest BCUT2D eigenvalue weighted by molar-refractivity contribution is -0.138. The molecule has 0 fully saturated rings. The van der Waals surface area contributed by atoms with Crippen molar-refractivity contribution in [2.75, 3.05) is 6.61 Å². The molecule has 0 N–H and O–H groups in total. The molecule has 0 unspecified atom stereocenters. The Morgan fingerprint density at radius 2 is 0.677 bits per heavy atom. The molecule has 0 heterocycles. The zero-order valence-corrected chi connectivity index (χ0v) is 41.9. The van der Waals surface area contributed by atoms with E-state index in [0.29, 0.717) is 35.2 Å². The van der Waals surface area contributed by atoms with E-state index in [9.17, 15) is 18.0 Å². The summed E-state index contributed by atoms with van der Waals surface area (Å²) in [6, 6.07) is 52.2. The number of esters is 1. The summed E-state index contributed by atoms with van der Waals surface area (Å²) in [5.74, 6) is 2.42. The Labute approximate surface area is 395 Å². The van der Waals surface area contributed by atoms with Gasteiger partial charge in [0.2, 0.25) is 9.84 Å². The van der Waals surface area contributed by atoms with Gasteiger partial charge in [-0.15, -0.1) is 0 Å². The Balaban J connectivity index is -0.000000445. The lowest BCUT2D eigenvalue weighted by atomic mass is 10.2. The van der Waals surface area contributed by atoms with Crippen LogP contribution in [-0.2, 0) is 24.2 Å². The fourth-order valence-corrected chi connectivity index (χ4v) is 5.34. The molecule has 0 saturated carbocycles. The summed E-state index contributed by atoms with van der Waals surface area (Å²) < 4.78 is 42.2. The van der Waals surface area contributed by atoms with Crippen LogP contribution in [0.3, 0.4) is 0 Å². The van der Waals surface area contributed by atoms with Gasteiger partial charge in [-0.2, -0.15) is 0 Å². The first-order valence-corrected chi connectivity index (χ1v) is 23.5. The quantitative estimate of drug-likeness (QED) is 0.105. The van der Waals surface area contributed by atoms with Crippen LogP contribution in [0.15, 0.2) is 192 Å². The van der Waals surface area contributed by atoms with Gasteiger partial charge >= 0.3 is 5.97 Å². The van der Waals surface area contributed by atoms with E-state index in [2.05, 4.69) is 6.58 Å². The normalized spacial score (nSPS) is 8.77. The number of hydrogen-bond acceptors (Lipinski definition) is 7. The van der Waals surface area contributed by atoms with Crippen molar-refractivity contribution >= 4 is 21.6 Å². The van der Waals surface area contributed by atoms with Crippen LogP contribution in [0.25, 0.3) is 0 Å². The number of ketones is 1. The van der Waals surface area contributed by atoms with Crippen LogP contribution in [-0.4, -0.2) is 26.8 Å². The zero-order valence-electron chi connectivity index (χ0n) is 41.1. The topological polar surface area (TPSA) is 96.0 Å². The highest BCUT2D eigenvalue weighted by Gasteiger charge is 2.18. The van der Waals surface area contributed by atoms with E-state index in [-0.39, 0.29) is 29.0 Å².